The van der Waals surface area contributed by atoms with Crippen LogP contribution in [-0.4, -0.2) is 30.5 Å². The molecule has 0 radical (unpaired) electrons. The molecule has 1 N–H and O–H groups in total. The first-order chi connectivity index (χ1) is 12.1. The molecule has 128 valence electrons. The summed E-state index contributed by atoms with van der Waals surface area (Å²) in [5, 5.41) is 11.5. The van der Waals surface area contributed by atoms with Gasteiger partial charge >= 0.3 is 0 Å². The molecular formula is C18H20N6O. The van der Waals surface area contributed by atoms with E-state index in [1.54, 1.807) is 23.3 Å². The lowest BCUT2D eigenvalue weighted by Crippen LogP contribution is -2.18. The van der Waals surface area contributed by atoms with Gasteiger partial charge in [-0.3, -0.25) is 4.79 Å². The Hall–Kier alpha value is -2.96. The van der Waals surface area contributed by atoms with Crippen LogP contribution in [0.5, 0.6) is 0 Å². The molecule has 1 atom stereocenters. The molecule has 1 aliphatic carbocycles. The molecule has 2 aromatic heterocycles. The third-order valence-corrected chi connectivity index (χ3v) is 4.73. The van der Waals surface area contributed by atoms with Crippen LogP contribution in [0.1, 0.15) is 41.7 Å². The predicted molar refractivity (Wildman–Crippen MR) is 93.7 cm³/mol. The molecule has 2 heterocycles. The Bertz CT molecular complexity index is 894. The summed E-state index contributed by atoms with van der Waals surface area (Å²) in [6.07, 6.45) is 7.32. The number of benzene rings is 1. The Kier molecular flexibility index (Phi) is 3.83. The van der Waals surface area contributed by atoms with Gasteiger partial charge in [-0.2, -0.15) is 10.2 Å². The van der Waals surface area contributed by atoms with Crippen molar-refractivity contribution in [2.45, 2.75) is 32.7 Å². The van der Waals surface area contributed by atoms with Gasteiger partial charge in [-0.05, 0) is 56.4 Å². The molecule has 7 heteroatoms. The van der Waals surface area contributed by atoms with E-state index in [9.17, 15) is 4.79 Å². The first kappa shape index (κ1) is 15.6. The molecular weight excluding hydrogens is 316 g/mol. The van der Waals surface area contributed by atoms with Crippen molar-refractivity contribution < 1.29 is 4.79 Å². The first-order valence-electron chi connectivity index (χ1n) is 8.44. The minimum atomic E-state index is -0.141. The molecule has 1 fully saturated rings. The fourth-order valence-corrected chi connectivity index (χ4v) is 3.09. The Morgan fingerprint density at radius 3 is 2.80 bits per heavy atom. The lowest BCUT2D eigenvalue weighted by atomic mass is 10.1. The van der Waals surface area contributed by atoms with Gasteiger partial charge in [-0.25, -0.2) is 14.3 Å². The summed E-state index contributed by atoms with van der Waals surface area (Å²) in [5.74, 6) is 1.26. The largest absolute Gasteiger partial charge is 0.307 e. The Morgan fingerprint density at radius 1 is 1.28 bits per heavy atom. The SMILES string of the molecule is Cc1cc(C(=O)Nc2ccnn2[C@@H](C)C2CC2)ccc1-n1cncn1. The monoisotopic (exact) mass is 336 g/mol. The van der Waals surface area contributed by atoms with E-state index in [4.69, 9.17) is 0 Å². The molecule has 0 spiro atoms. The second-order valence-corrected chi connectivity index (χ2v) is 6.53. The molecule has 0 bridgehead atoms. The summed E-state index contributed by atoms with van der Waals surface area (Å²) in [5.41, 5.74) is 2.47. The van der Waals surface area contributed by atoms with Crippen molar-refractivity contribution >= 4 is 11.7 Å². The van der Waals surface area contributed by atoms with Crippen molar-refractivity contribution in [1.82, 2.24) is 24.5 Å². The maximum Gasteiger partial charge on any atom is 0.256 e. The van der Waals surface area contributed by atoms with Gasteiger partial charge in [0.15, 0.2) is 0 Å². The zero-order valence-corrected chi connectivity index (χ0v) is 14.3. The molecule has 0 aliphatic heterocycles. The highest BCUT2D eigenvalue weighted by Crippen LogP contribution is 2.40. The molecule has 1 aromatic carbocycles. The van der Waals surface area contributed by atoms with E-state index in [0.29, 0.717) is 17.5 Å². The van der Waals surface area contributed by atoms with Crippen LogP contribution in [0.25, 0.3) is 5.69 Å². The second-order valence-electron chi connectivity index (χ2n) is 6.53. The van der Waals surface area contributed by atoms with Gasteiger partial charge in [0, 0.05) is 11.6 Å². The summed E-state index contributed by atoms with van der Waals surface area (Å²) < 4.78 is 3.59. The Labute approximate surface area is 145 Å². The number of amides is 1. The minimum absolute atomic E-state index is 0.141. The lowest BCUT2D eigenvalue weighted by molar-refractivity contribution is 0.102. The minimum Gasteiger partial charge on any atom is -0.307 e. The zero-order chi connectivity index (χ0) is 17.4. The molecule has 25 heavy (non-hydrogen) atoms. The fraction of sp³-hybridized carbons (Fsp3) is 0.333. The Morgan fingerprint density at radius 2 is 2.12 bits per heavy atom. The quantitative estimate of drug-likeness (QED) is 0.777. The number of anilines is 1. The summed E-state index contributed by atoms with van der Waals surface area (Å²) in [7, 11) is 0. The summed E-state index contributed by atoms with van der Waals surface area (Å²) in [6.45, 7) is 4.10. The second kappa shape index (κ2) is 6.16. The number of hydrogen-bond donors (Lipinski definition) is 1. The van der Waals surface area contributed by atoms with E-state index < -0.39 is 0 Å². The van der Waals surface area contributed by atoms with Crippen molar-refractivity contribution in [1.29, 1.82) is 0 Å². The molecule has 0 unspecified atom stereocenters. The smallest absolute Gasteiger partial charge is 0.256 e. The number of hydrogen-bond acceptors (Lipinski definition) is 4. The van der Waals surface area contributed by atoms with Crippen LogP contribution in [0.2, 0.25) is 0 Å². The van der Waals surface area contributed by atoms with E-state index in [2.05, 4.69) is 27.4 Å². The highest BCUT2D eigenvalue weighted by Gasteiger charge is 2.30. The van der Waals surface area contributed by atoms with Crippen LogP contribution in [0.4, 0.5) is 5.82 Å². The number of nitrogens with zero attached hydrogens (tertiary/aromatic N) is 5. The van der Waals surface area contributed by atoms with Gasteiger partial charge < -0.3 is 5.32 Å². The maximum absolute atomic E-state index is 12.6. The van der Waals surface area contributed by atoms with Gasteiger partial charge in [0.2, 0.25) is 0 Å². The van der Waals surface area contributed by atoms with E-state index >= 15 is 0 Å². The van der Waals surface area contributed by atoms with Crippen LogP contribution < -0.4 is 5.32 Å². The van der Waals surface area contributed by atoms with Gasteiger partial charge in [-0.15, -0.1) is 0 Å². The lowest BCUT2D eigenvalue weighted by Gasteiger charge is -2.15. The van der Waals surface area contributed by atoms with Crippen LogP contribution in [0.3, 0.4) is 0 Å². The average molecular weight is 336 g/mol. The number of nitrogens with one attached hydrogen (secondary N) is 1. The summed E-state index contributed by atoms with van der Waals surface area (Å²) in [4.78, 5) is 16.6. The third kappa shape index (κ3) is 3.05. The van der Waals surface area contributed by atoms with Gasteiger partial charge in [0.25, 0.3) is 5.91 Å². The van der Waals surface area contributed by atoms with Gasteiger partial charge in [0.1, 0.15) is 18.5 Å². The topological polar surface area (TPSA) is 77.6 Å². The molecule has 4 rings (SSSR count). The first-order valence-corrected chi connectivity index (χ1v) is 8.44. The van der Waals surface area contributed by atoms with Crippen molar-refractivity contribution in [3.63, 3.8) is 0 Å². The fourth-order valence-electron chi connectivity index (χ4n) is 3.09. The number of aromatic nitrogens is 5. The zero-order valence-electron chi connectivity index (χ0n) is 14.3. The number of rotatable bonds is 5. The van der Waals surface area contributed by atoms with Gasteiger partial charge in [-0.1, -0.05) is 0 Å². The highest BCUT2D eigenvalue weighted by molar-refractivity contribution is 6.04. The number of aryl methyl sites for hydroxylation is 1. The molecule has 7 nitrogen and oxygen atoms in total. The highest BCUT2D eigenvalue weighted by atomic mass is 16.1. The van der Waals surface area contributed by atoms with Crippen molar-refractivity contribution in [2.24, 2.45) is 5.92 Å². The van der Waals surface area contributed by atoms with Crippen LogP contribution in [-0.2, 0) is 0 Å². The predicted octanol–water partition coefficient (Wildman–Crippen LogP) is 3.00. The maximum atomic E-state index is 12.6. The average Bonchev–Trinajstić information content (AvgIpc) is 3.12. The van der Waals surface area contributed by atoms with Crippen LogP contribution in [0.15, 0.2) is 43.1 Å². The number of carbonyl (C=O) groups excluding carboxylic acids is 1. The van der Waals surface area contributed by atoms with Crippen molar-refractivity contribution in [3.8, 4) is 5.69 Å². The van der Waals surface area contributed by atoms with Crippen LogP contribution in [0, 0.1) is 12.8 Å². The number of carbonyl (C=O) groups is 1. The molecule has 1 amide bonds. The van der Waals surface area contributed by atoms with Gasteiger partial charge in [0.05, 0.1) is 17.9 Å². The normalized spacial score (nSPS) is 15.1. The van der Waals surface area contributed by atoms with Crippen molar-refractivity contribution in [2.75, 3.05) is 5.32 Å². The Balaban J connectivity index is 1.54. The van der Waals surface area contributed by atoms with Crippen molar-refractivity contribution in [3.05, 3.63) is 54.2 Å². The third-order valence-electron chi connectivity index (χ3n) is 4.73. The van der Waals surface area contributed by atoms with E-state index in [1.165, 1.54) is 19.2 Å². The molecule has 0 saturated heterocycles. The molecule has 3 aromatic rings. The summed E-state index contributed by atoms with van der Waals surface area (Å²) in [6, 6.07) is 7.68. The van der Waals surface area contributed by atoms with E-state index in [1.807, 2.05) is 29.8 Å². The van der Waals surface area contributed by atoms with E-state index in [-0.39, 0.29) is 5.91 Å². The standard InChI is InChI=1S/C18H20N6O/c1-12-9-15(5-6-16(12)23-11-19-10-21-23)18(25)22-17-7-8-20-24(17)13(2)14-3-4-14/h5-11,13-14H,3-4H2,1-2H3,(H,22,25)/t13-/m0/s1. The van der Waals surface area contributed by atoms with Crippen LogP contribution >= 0.6 is 0 Å². The molecule has 1 saturated carbocycles. The van der Waals surface area contributed by atoms with E-state index in [0.717, 1.165) is 17.1 Å². The summed E-state index contributed by atoms with van der Waals surface area (Å²) >= 11 is 0. The molecule has 1 aliphatic rings.